The molecule has 1 amide bonds. The second-order valence-electron chi connectivity index (χ2n) is 5.52. The molecule has 0 aromatic heterocycles. The van der Waals surface area contributed by atoms with Gasteiger partial charge in [-0.3, -0.25) is 4.79 Å². The predicted octanol–water partition coefficient (Wildman–Crippen LogP) is 2.35. The van der Waals surface area contributed by atoms with Crippen LogP contribution in [0.15, 0.2) is 24.3 Å². The minimum atomic E-state index is 0.0159. The Morgan fingerprint density at radius 3 is 2.40 bits per heavy atom. The number of amides is 1. The summed E-state index contributed by atoms with van der Waals surface area (Å²) in [5.74, 6) is 0.712. The number of hydrogen-bond acceptors (Lipinski definition) is 3. The lowest BCUT2D eigenvalue weighted by atomic mass is 9.97. The van der Waals surface area contributed by atoms with E-state index in [1.807, 2.05) is 4.90 Å². The molecule has 110 valence electrons. The summed E-state index contributed by atoms with van der Waals surface area (Å²) >= 11 is 0. The van der Waals surface area contributed by atoms with Gasteiger partial charge in [-0.2, -0.15) is 0 Å². The Balaban J connectivity index is 1.90. The number of piperidine rings is 1. The second-order valence-corrected chi connectivity index (χ2v) is 5.52. The van der Waals surface area contributed by atoms with Gasteiger partial charge < -0.3 is 14.7 Å². The molecule has 1 N–H and O–H groups in total. The maximum absolute atomic E-state index is 12.3. The monoisotopic (exact) mass is 277 g/mol. The van der Waals surface area contributed by atoms with Crippen molar-refractivity contribution in [3.05, 3.63) is 29.8 Å². The Labute approximate surface area is 120 Å². The quantitative estimate of drug-likeness (QED) is 0.919. The van der Waals surface area contributed by atoms with Gasteiger partial charge in [0.05, 0.1) is 6.61 Å². The number of ether oxygens (including phenoxy) is 1. The Morgan fingerprint density at radius 1 is 1.25 bits per heavy atom. The molecule has 2 rings (SSSR count). The zero-order chi connectivity index (χ0) is 14.5. The fourth-order valence-electron chi connectivity index (χ4n) is 2.82. The summed E-state index contributed by atoms with van der Waals surface area (Å²) in [4.78, 5) is 14.2. The third-order valence-electron chi connectivity index (χ3n) is 3.95. The van der Waals surface area contributed by atoms with E-state index >= 15 is 0 Å². The van der Waals surface area contributed by atoms with Crippen molar-refractivity contribution in [2.24, 2.45) is 0 Å². The first-order valence-corrected chi connectivity index (χ1v) is 7.25. The lowest BCUT2D eigenvalue weighted by molar-refractivity contribution is -0.139. The first kappa shape index (κ1) is 14.9. The highest BCUT2D eigenvalue weighted by Gasteiger charge is 2.28. The Hall–Kier alpha value is -1.55. The van der Waals surface area contributed by atoms with Crippen molar-refractivity contribution in [2.45, 2.75) is 51.8 Å². The van der Waals surface area contributed by atoms with Gasteiger partial charge in [-0.15, -0.1) is 0 Å². The number of likely N-dealkylation sites (tertiary alicyclic amines) is 1. The van der Waals surface area contributed by atoms with Crippen LogP contribution in [0.2, 0.25) is 0 Å². The number of carbonyl (C=O) groups is 1. The number of nitrogens with zero attached hydrogens (tertiary/aromatic N) is 1. The normalized spacial score (nSPS) is 22.6. The average molecular weight is 277 g/mol. The molecule has 1 aromatic rings. The standard InChI is InChI=1S/C16H23NO3/c1-12-4-3-5-13(2)17(12)16(19)11-20-15-8-6-14(10-18)7-9-15/h6-9,12-13,18H,3-5,10-11H2,1-2H3. The molecule has 1 saturated heterocycles. The minimum absolute atomic E-state index is 0.0159. The van der Waals surface area contributed by atoms with E-state index in [1.54, 1.807) is 24.3 Å². The first-order chi connectivity index (χ1) is 9.61. The number of benzene rings is 1. The highest BCUT2D eigenvalue weighted by molar-refractivity contribution is 5.78. The smallest absolute Gasteiger partial charge is 0.260 e. The maximum Gasteiger partial charge on any atom is 0.260 e. The lowest BCUT2D eigenvalue weighted by Gasteiger charge is -2.38. The van der Waals surface area contributed by atoms with Gasteiger partial charge in [-0.1, -0.05) is 12.1 Å². The van der Waals surface area contributed by atoms with E-state index in [0.717, 1.165) is 18.4 Å². The average Bonchev–Trinajstić information content (AvgIpc) is 2.45. The van der Waals surface area contributed by atoms with E-state index in [9.17, 15) is 4.79 Å². The van der Waals surface area contributed by atoms with Crippen LogP contribution in [0.1, 0.15) is 38.7 Å². The number of hydrogen-bond donors (Lipinski definition) is 1. The largest absolute Gasteiger partial charge is 0.484 e. The van der Waals surface area contributed by atoms with E-state index in [1.165, 1.54) is 6.42 Å². The maximum atomic E-state index is 12.3. The molecule has 4 nitrogen and oxygen atoms in total. The van der Waals surface area contributed by atoms with Crippen LogP contribution >= 0.6 is 0 Å². The molecule has 2 unspecified atom stereocenters. The molecule has 2 atom stereocenters. The van der Waals surface area contributed by atoms with Gasteiger partial charge in [0.1, 0.15) is 5.75 Å². The van der Waals surface area contributed by atoms with E-state index in [0.29, 0.717) is 17.8 Å². The summed E-state index contributed by atoms with van der Waals surface area (Å²) in [7, 11) is 0. The van der Waals surface area contributed by atoms with Crippen molar-refractivity contribution in [3.8, 4) is 5.75 Å². The number of aliphatic hydroxyl groups is 1. The Bertz CT molecular complexity index is 434. The summed E-state index contributed by atoms with van der Waals surface area (Å²) < 4.78 is 5.54. The second kappa shape index (κ2) is 6.75. The molecule has 0 aliphatic carbocycles. The van der Waals surface area contributed by atoms with Gasteiger partial charge in [0, 0.05) is 12.1 Å². The van der Waals surface area contributed by atoms with Gasteiger partial charge in [-0.25, -0.2) is 0 Å². The molecular weight excluding hydrogens is 254 g/mol. The van der Waals surface area contributed by atoms with Gasteiger partial charge in [0.15, 0.2) is 6.61 Å². The number of carbonyl (C=O) groups excluding carboxylic acids is 1. The lowest BCUT2D eigenvalue weighted by Crippen LogP contribution is -2.49. The third-order valence-corrected chi connectivity index (χ3v) is 3.95. The third kappa shape index (κ3) is 3.51. The molecule has 0 bridgehead atoms. The van der Waals surface area contributed by atoms with Crippen molar-refractivity contribution in [1.82, 2.24) is 4.90 Å². The van der Waals surface area contributed by atoms with Gasteiger partial charge in [0.25, 0.3) is 5.91 Å². The molecular formula is C16H23NO3. The van der Waals surface area contributed by atoms with Crippen molar-refractivity contribution in [1.29, 1.82) is 0 Å². The van der Waals surface area contributed by atoms with Crippen molar-refractivity contribution >= 4 is 5.91 Å². The summed E-state index contributed by atoms with van der Waals surface area (Å²) in [5.41, 5.74) is 0.835. The molecule has 0 radical (unpaired) electrons. The van der Waals surface area contributed by atoms with E-state index < -0.39 is 0 Å². The SMILES string of the molecule is CC1CCCC(C)N1C(=O)COc1ccc(CO)cc1. The van der Waals surface area contributed by atoms with Gasteiger partial charge >= 0.3 is 0 Å². The molecule has 1 fully saturated rings. The van der Waals surface area contributed by atoms with Crippen LogP contribution in [-0.2, 0) is 11.4 Å². The zero-order valence-electron chi connectivity index (χ0n) is 12.2. The molecule has 1 aliphatic rings. The van der Waals surface area contributed by atoms with Crippen LogP contribution in [-0.4, -0.2) is 34.6 Å². The van der Waals surface area contributed by atoms with E-state index in [4.69, 9.17) is 9.84 Å². The topological polar surface area (TPSA) is 49.8 Å². The molecule has 1 heterocycles. The van der Waals surface area contributed by atoms with Crippen LogP contribution in [0, 0.1) is 0 Å². The Morgan fingerprint density at radius 2 is 1.85 bits per heavy atom. The summed E-state index contributed by atoms with van der Waals surface area (Å²) in [6.07, 6.45) is 3.33. The first-order valence-electron chi connectivity index (χ1n) is 7.25. The molecule has 0 saturated carbocycles. The van der Waals surface area contributed by atoms with Crippen LogP contribution < -0.4 is 4.74 Å². The van der Waals surface area contributed by atoms with E-state index in [2.05, 4.69) is 13.8 Å². The summed E-state index contributed by atoms with van der Waals surface area (Å²) in [5, 5.41) is 8.97. The van der Waals surface area contributed by atoms with Crippen LogP contribution in [0.3, 0.4) is 0 Å². The predicted molar refractivity (Wildman–Crippen MR) is 77.5 cm³/mol. The van der Waals surface area contributed by atoms with Crippen LogP contribution in [0.5, 0.6) is 5.75 Å². The van der Waals surface area contributed by atoms with Crippen molar-refractivity contribution < 1.29 is 14.6 Å². The minimum Gasteiger partial charge on any atom is -0.484 e. The highest BCUT2D eigenvalue weighted by atomic mass is 16.5. The Kier molecular flexibility index (Phi) is 5.01. The number of rotatable bonds is 4. The van der Waals surface area contributed by atoms with E-state index in [-0.39, 0.29) is 19.1 Å². The fraction of sp³-hybridized carbons (Fsp3) is 0.562. The number of aliphatic hydroxyl groups excluding tert-OH is 1. The molecule has 0 spiro atoms. The van der Waals surface area contributed by atoms with Gasteiger partial charge in [-0.05, 0) is 50.8 Å². The molecule has 1 aromatic carbocycles. The van der Waals surface area contributed by atoms with Crippen molar-refractivity contribution in [2.75, 3.05) is 6.61 Å². The highest BCUT2D eigenvalue weighted by Crippen LogP contribution is 2.22. The molecule has 1 aliphatic heterocycles. The fourth-order valence-corrected chi connectivity index (χ4v) is 2.82. The molecule has 4 heteroatoms. The van der Waals surface area contributed by atoms with Crippen LogP contribution in [0.4, 0.5) is 0 Å². The van der Waals surface area contributed by atoms with Crippen LogP contribution in [0.25, 0.3) is 0 Å². The summed E-state index contributed by atoms with van der Waals surface area (Å²) in [6.45, 7) is 4.29. The van der Waals surface area contributed by atoms with Crippen molar-refractivity contribution in [3.63, 3.8) is 0 Å². The molecule has 20 heavy (non-hydrogen) atoms. The van der Waals surface area contributed by atoms with Gasteiger partial charge in [0.2, 0.25) is 0 Å². The zero-order valence-corrected chi connectivity index (χ0v) is 12.2. The summed E-state index contributed by atoms with van der Waals surface area (Å²) in [6, 6.07) is 7.75.